The van der Waals surface area contributed by atoms with E-state index in [4.69, 9.17) is 15.2 Å². The van der Waals surface area contributed by atoms with Gasteiger partial charge in [0.2, 0.25) is 0 Å². The van der Waals surface area contributed by atoms with Gasteiger partial charge in [0.1, 0.15) is 5.82 Å². The summed E-state index contributed by atoms with van der Waals surface area (Å²) in [7, 11) is 0. The zero-order valence-electron chi connectivity index (χ0n) is 11.4. The van der Waals surface area contributed by atoms with Gasteiger partial charge in [-0.25, -0.2) is 4.39 Å². The molecule has 2 fully saturated rings. The molecule has 2 N–H and O–H groups in total. The highest BCUT2D eigenvalue weighted by atomic mass is 32.2. The van der Waals surface area contributed by atoms with Gasteiger partial charge in [-0.1, -0.05) is 0 Å². The van der Waals surface area contributed by atoms with Crippen LogP contribution in [0.4, 0.5) is 10.1 Å². The first-order valence-corrected chi connectivity index (χ1v) is 7.98. The highest BCUT2D eigenvalue weighted by molar-refractivity contribution is 8.00. The maximum absolute atomic E-state index is 13.1. The van der Waals surface area contributed by atoms with Gasteiger partial charge >= 0.3 is 0 Å². The number of hydrogen-bond acceptors (Lipinski definition) is 4. The predicted molar refractivity (Wildman–Crippen MR) is 78.4 cm³/mol. The van der Waals surface area contributed by atoms with Gasteiger partial charge in [-0.15, -0.1) is 11.8 Å². The van der Waals surface area contributed by atoms with Crippen LogP contribution in [0, 0.1) is 5.82 Å². The van der Waals surface area contributed by atoms with E-state index in [0.29, 0.717) is 10.9 Å². The average molecular weight is 297 g/mol. The van der Waals surface area contributed by atoms with Crippen molar-refractivity contribution in [1.82, 2.24) is 0 Å². The summed E-state index contributed by atoms with van der Waals surface area (Å²) in [6.45, 7) is 2.37. The summed E-state index contributed by atoms with van der Waals surface area (Å²) in [5, 5.41) is 0.481. The fourth-order valence-electron chi connectivity index (χ4n) is 2.98. The molecule has 2 heterocycles. The molecule has 0 aliphatic carbocycles. The summed E-state index contributed by atoms with van der Waals surface area (Å²) in [5.41, 5.74) is 6.42. The largest absolute Gasteiger partial charge is 0.398 e. The lowest BCUT2D eigenvalue weighted by Crippen LogP contribution is -2.45. The fraction of sp³-hybridized carbons (Fsp3) is 0.600. The van der Waals surface area contributed by atoms with Crippen molar-refractivity contribution in [2.24, 2.45) is 0 Å². The molecule has 110 valence electrons. The molecule has 1 atom stereocenters. The number of nitrogen functional groups attached to an aromatic ring is 1. The number of halogens is 1. The van der Waals surface area contributed by atoms with E-state index in [0.717, 1.165) is 50.4 Å². The van der Waals surface area contributed by atoms with E-state index in [1.807, 2.05) is 0 Å². The second-order valence-electron chi connectivity index (χ2n) is 5.56. The summed E-state index contributed by atoms with van der Waals surface area (Å²) in [6.07, 6.45) is 3.99. The Morgan fingerprint density at radius 2 is 2.05 bits per heavy atom. The Bertz CT molecular complexity index is 471. The van der Waals surface area contributed by atoms with Crippen molar-refractivity contribution in [3.63, 3.8) is 0 Å². The topological polar surface area (TPSA) is 44.5 Å². The second-order valence-corrected chi connectivity index (χ2v) is 6.90. The van der Waals surface area contributed by atoms with Gasteiger partial charge in [0.15, 0.2) is 0 Å². The van der Waals surface area contributed by atoms with Crippen LogP contribution in [0.1, 0.15) is 25.7 Å². The van der Waals surface area contributed by atoms with E-state index in [2.05, 4.69) is 0 Å². The molecule has 0 amide bonds. The van der Waals surface area contributed by atoms with Crippen molar-refractivity contribution in [1.29, 1.82) is 0 Å². The van der Waals surface area contributed by atoms with E-state index in [9.17, 15) is 4.39 Å². The van der Waals surface area contributed by atoms with E-state index in [1.54, 1.807) is 17.8 Å². The summed E-state index contributed by atoms with van der Waals surface area (Å²) in [5.74, 6) is -0.278. The first-order chi connectivity index (χ1) is 9.67. The molecule has 20 heavy (non-hydrogen) atoms. The molecule has 1 aromatic carbocycles. The van der Waals surface area contributed by atoms with Gasteiger partial charge in [0.25, 0.3) is 0 Å². The molecule has 0 saturated carbocycles. The normalized spacial score (nSPS) is 25.8. The van der Waals surface area contributed by atoms with Gasteiger partial charge in [-0.3, -0.25) is 0 Å². The Morgan fingerprint density at radius 1 is 1.25 bits per heavy atom. The number of anilines is 1. The Balaban J connectivity index is 1.68. The number of hydrogen-bond donors (Lipinski definition) is 1. The lowest BCUT2D eigenvalue weighted by Gasteiger charge is -2.43. The second kappa shape index (κ2) is 5.92. The standard InChI is InChI=1S/C15H20FNO2S/c16-11-1-2-14(13(17)9-11)20-12-3-6-19-15(10-12)4-7-18-8-5-15/h1-2,9,12H,3-8,10,17H2. The van der Waals surface area contributed by atoms with Crippen LogP contribution >= 0.6 is 11.8 Å². The molecule has 2 saturated heterocycles. The van der Waals surface area contributed by atoms with Crippen molar-refractivity contribution < 1.29 is 13.9 Å². The predicted octanol–water partition coefficient (Wildman–Crippen LogP) is 3.23. The van der Waals surface area contributed by atoms with Crippen LogP contribution in [0.15, 0.2) is 23.1 Å². The molecule has 5 heteroatoms. The first-order valence-electron chi connectivity index (χ1n) is 7.10. The van der Waals surface area contributed by atoms with Crippen molar-refractivity contribution in [3.05, 3.63) is 24.0 Å². The van der Waals surface area contributed by atoms with Crippen LogP contribution in [-0.2, 0) is 9.47 Å². The Morgan fingerprint density at radius 3 is 2.80 bits per heavy atom. The molecule has 0 bridgehead atoms. The lowest BCUT2D eigenvalue weighted by molar-refractivity contribution is -0.131. The van der Waals surface area contributed by atoms with Crippen LogP contribution in [-0.4, -0.2) is 30.7 Å². The number of ether oxygens (including phenoxy) is 2. The molecule has 1 aromatic rings. The quantitative estimate of drug-likeness (QED) is 0.851. The van der Waals surface area contributed by atoms with Crippen LogP contribution in [0.2, 0.25) is 0 Å². The summed E-state index contributed by atoms with van der Waals surface area (Å²) in [4.78, 5) is 0.973. The molecule has 1 unspecified atom stereocenters. The maximum atomic E-state index is 13.1. The SMILES string of the molecule is Nc1cc(F)ccc1SC1CCOC2(CCOCC2)C1. The molecule has 2 aliphatic rings. The number of nitrogens with two attached hydrogens (primary N) is 1. The summed E-state index contributed by atoms with van der Waals surface area (Å²) >= 11 is 1.75. The number of thioether (sulfide) groups is 1. The zero-order chi connectivity index (χ0) is 14.0. The van der Waals surface area contributed by atoms with Gasteiger partial charge < -0.3 is 15.2 Å². The fourth-order valence-corrected chi connectivity index (χ4v) is 4.28. The monoisotopic (exact) mass is 297 g/mol. The number of benzene rings is 1. The van der Waals surface area contributed by atoms with E-state index >= 15 is 0 Å². The average Bonchev–Trinajstić information content (AvgIpc) is 2.43. The van der Waals surface area contributed by atoms with E-state index in [1.165, 1.54) is 12.1 Å². The molecule has 0 aromatic heterocycles. The third-order valence-corrected chi connectivity index (χ3v) is 5.48. The third-order valence-electron chi connectivity index (χ3n) is 4.12. The molecule has 3 rings (SSSR count). The highest BCUT2D eigenvalue weighted by Crippen LogP contribution is 2.42. The van der Waals surface area contributed by atoms with Gasteiger partial charge in [0.05, 0.1) is 5.60 Å². The Labute approximate surface area is 123 Å². The maximum Gasteiger partial charge on any atom is 0.125 e. The molecular weight excluding hydrogens is 277 g/mol. The minimum Gasteiger partial charge on any atom is -0.398 e. The molecule has 3 nitrogen and oxygen atoms in total. The zero-order valence-corrected chi connectivity index (χ0v) is 12.3. The molecule has 2 aliphatic heterocycles. The third kappa shape index (κ3) is 3.10. The van der Waals surface area contributed by atoms with Gasteiger partial charge in [0, 0.05) is 35.7 Å². The van der Waals surface area contributed by atoms with Crippen molar-refractivity contribution >= 4 is 17.4 Å². The Hall–Kier alpha value is -0.780. The van der Waals surface area contributed by atoms with Gasteiger partial charge in [-0.2, -0.15) is 0 Å². The van der Waals surface area contributed by atoms with Crippen molar-refractivity contribution in [3.8, 4) is 0 Å². The smallest absolute Gasteiger partial charge is 0.125 e. The van der Waals surface area contributed by atoms with Crippen LogP contribution in [0.3, 0.4) is 0 Å². The number of rotatable bonds is 2. The van der Waals surface area contributed by atoms with Crippen molar-refractivity contribution in [2.45, 2.75) is 41.4 Å². The molecule has 0 radical (unpaired) electrons. The first kappa shape index (κ1) is 14.2. The Kier molecular flexibility index (Phi) is 4.19. The highest BCUT2D eigenvalue weighted by Gasteiger charge is 2.39. The lowest BCUT2D eigenvalue weighted by atomic mass is 9.86. The minimum absolute atomic E-state index is 0.0110. The van der Waals surface area contributed by atoms with Gasteiger partial charge in [-0.05, 0) is 43.9 Å². The van der Waals surface area contributed by atoms with E-state index in [-0.39, 0.29) is 11.4 Å². The summed E-state index contributed by atoms with van der Waals surface area (Å²) < 4.78 is 24.6. The van der Waals surface area contributed by atoms with E-state index < -0.39 is 0 Å². The molecular formula is C15H20FNO2S. The minimum atomic E-state index is -0.278. The molecule has 1 spiro atoms. The summed E-state index contributed by atoms with van der Waals surface area (Å²) in [6, 6.07) is 4.65. The van der Waals surface area contributed by atoms with Crippen molar-refractivity contribution in [2.75, 3.05) is 25.6 Å². The van der Waals surface area contributed by atoms with Crippen LogP contribution in [0.5, 0.6) is 0 Å². The van der Waals surface area contributed by atoms with Crippen LogP contribution in [0.25, 0.3) is 0 Å². The van der Waals surface area contributed by atoms with Crippen LogP contribution < -0.4 is 5.73 Å².